The number of hydrogen-bond donors (Lipinski definition) is 0. The number of fused-ring (bicyclic) bond motifs is 1. The molecule has 1 aliphatic heterocycles. The minimum atomic E-state index is 0.148. The molecule has 2 aromatic rings. The van der Waals surface area contributed by atoms with Crippen LogP contribution in [0.5, 0.6) is 0 Å². The van der Waals surface area contributed by atoms with Crippen LogP contribution in [0.25, 0.3) is 11.0 Å². The quantitative estimate of drug-likeness (QED) is 0.830. The fourth-order valence-electron chi connectivity index (χ4n) is 2.13. The molecular weight excluding hydrogens is 248 g/mol. The number of para-hydroxylation sites is 1. The first kappa shape index (κ1) is 11.6. The zero-order valence-electron chi connectivity index (χ0n) is 9.96. The zero-order valence-corrected chi connectivity index (χ0v) is 10.8. The Labute approximate surface area is 109 Å². The summed E-state index contributed by atoms with van der Waals surface area (Å²) in [5, 5.41) is 4.94. The smallest absolute Gasteiger partial charge is 0.228 e. The van der Waals surface area contributed by atoms with Gasteiger partial charge in [-0.05, 0) is 12.1 Å². The Hall–Kier alpha value is -1.49. The van der Waals surface area contributed by atoms with Crippen molar-refractivity contribution in [2.24, 2.45) is 0 Å². The molecule has 2 heterocycles. The van der Waals surface area contributed by atoms with Gasteiger partial charge in [-0.3, -0.25) is 4.79 Å². The lowest BCUT2D eigenvalue weighted by molar-refractivity contribution is -0.130. The Balaban J connectivity index is 1.77. The predicted molar refractivity (Wildman–Crippen MR) is 71.6 cm³/mol. The van der Waals surface area contributed by atoms with Gasteiger partial charge in [-0.2, -0.15) is 11.8 Å². The molecule has 18 heavy (non-hydrogen) atoms. The van der Waals surface area contributed by atoms with E-state index in [4.69, 9.17) is 4.52 Å². The van der Waals surface area contributed by atoms with E-state index in [2.05, 4.69) is 5.16 Å². The van der Waals surface area contributed by atoms with Gasteiger partial charge in [0.1, 0.15) is 5.69 Å². The van der Waals surface area contributed by atoms with Gasteiger partial charge < -0.3 is 9.42 Å². The second kappa shape index (κ2) is 5.02. The lowest BCUT2D eigenvalue weighted by Gasteiger charge is -2.26. The summed E-state index contributed by atoms with van der Waals surface area (Å²) >= 11 is 1.90. The van der Waals surface area contributed by atoms with E-state index in [0.717, 1.165) is 41.3 Å². The van der Waals surface area contributed by atoms with Gasteiger partial charge in [0.15, 0.2) is 5.58 Å². The van der Waals surface area contributed by atoms with Crippen molar-refractivity contribution >= 4 is 28.6 Å². The molecule has 0 bridgehead atoms. The van der Waals surface area contributed by atoms with Crippen LogP contribution in [-0.4, -0.2) is 40.6 Å². The van der Waals surface area contributed by atoms with E-state index in [0.29, 0.717) is 6.42 Å². The second-order valence-corrected chi connectivity index (χ2v) is 5.52. The first-order chi connectivity index (χ1) is 8.84. The first-order valence-corrected chi connectivity index (χ1v) is 7.19. The number of rotatable bonds is 2. The third-order valence-electron chi connectivity index (χ3n) is 3.13. The van der Waals surface area contributed by atoms with Crippen LogP contribution in [0.2, 0.25) is 0 Å². The van der Waals surface area contributed by atoms with Gasteiger partial charge in [-0.15, -0.1) is 0 Å². The number of hydrogen-bond acceptors (Lipinski definition) is 4. The standard InChI is InChI=1S/C13H14N2O2S/c16-13(15-5-7-18-8-6-15)9-11-10-3-1-2-4-12(10)17-14-11/h1-4H,5-9H2. The summed E-state index contributed by atoms with van der Waals surface area (Å²) in [6, 6.07) is 7.65. The SMILES string of the molecule is O=C(Cc1noc2ccccc12)N1CCSCC1. The molecule has 1 fully saturated rings. The maximum Gasteiger partial charge on any atom is 0.228 e. The molecule has 1 aromatic heterocycles. The van der Waals surface area contributed by atoms with Crippen molar-refractivity contribution in [1.82, 2.24) is 10.1 Å². The lowest BCUT2D eigenvalue weighted by Crippen LogP contribution is -2.38. The highest BCUT2D eigenvalue weighted by Crippen LogP contribution is 2.19. The number of carbonyl (C=O) groups is 1. The van der Waals surface area contributed by atoms with E-state index in [1.165, 1.54) is 0 Å². The summed E-state index contributed by atoms with van der Waals surface area (Å²) in [5.74, 6) is 2.21. The van der Waals surface area contributed by atoms with Crippen LogP contribution >= 0.6 is 11.8 Å². The molecule has 1 aliphatic rings. The van der Waals surface area contributed by atoms with E-state index in [1.54, 1.807) is 0 Å². The minimum Gasteiger partial charge on any atom is -0.356 e. The highest BCUT2D eigenvalue weighted by molar-refractivity contribution is 7.99. The van der Waals surface area contributed by atoms with Gasteiger partial charge >= 0.3 is 0 Å². The Bertz CT molecular complexity index is 561. The van der Waals surface area contributed by atoms with Crippen molar-refractivity contribution in [2.45, 2.75) is 6.42 Å². The largest absolute Gasteiger partial charge is 0.356 e. The topological polar surface area (TPSA) is 46.3 Å². The highest BCUT2D eigenvalue weighted by Gasteiger charge is 2.19. The van der Waals surface area contributed by atoms with Crippen LogP contribution in [0.1, 0.15) is 5.69 Å². The third kappa shape index (κ3) is 2.22. The maximum absolute atomic E-state index is 12.1. The van der Waals surface area contributed by atoms with Crippen molar-refractivity contribution in [3.05, 3.63) is 30.0 Å². The molecule has 3 rings (SSSR count). The average Bonchev–Trinajstić information content (AvgIpc) is 2.83. The summed E-state index contributed by atoms with van der Waals surface area (Å²) in [7, 11) is 0. The highest BCUT2D eigenvalue weighted by atomic mass is 32.2. The van der Waals surface area contributed by atoms with Crippen LogP contribution in [0.3, 0.4) is 0 Å². The Morgan fingerprint density at radius 1 is 1.33 bits per heavy atom. The molecule has 0 radical (unpaired) electrons. The number of thioether (sulfide) groups is 1. The summed E-state index contributed by atoms with van der Waals surface area (Å²) < 4.78 is 5.21. The number of aromatic nitrogens is 1. The number of benzene rings is 1. The van der Waals surface area contributed by atoms with Gasteiger partial charge in [0.2, 0.25) is 5.91 Å². The molecule has 1 amide bonds. The van der Waals surface area contributed by atoms with Crippen LogP contribution < -0.4 is 0 Å². The van der Waals surface area contributed by atoms with Gasteiger partial charge in [-0.25, -0.2) is 0 Å². The van der Waals surface area contributed by atoms with Crippen molar-refractivity contribution in [1.29, 1.82) is 0 Å². The number of amides is 1. The van der Waals surface area contributed by atoms with E-state index >= 15 is 0 Å². The second-order valence-electron chi connectivity index (χ2n) is 4.30. The summed E-state index contributed by atoms with van der Waals surface area (Å²) in [6.07, 6.45) is 0.335. The fourth-order valence-corrected chi connectivity index (χ4v) is 3.04. The van der Waals surface area contributed by atoms with Crippen LogP contribution in [-0.2, 0) is 11.2 Å². The molecule has 1 aromatic carbocycles. The third-order valence-corrected chi connectivity index (χ3v) is 4.08. The van der Waals surface area contributed by atoms with Crippen molar-refractivity contribution in [2.75, 3.05) is 24.6 Å². The molecule has 1 saturated heterocycles. The van der Waals surface area contributed by atoms with Gasteiger partial charge in [0.25, 0.3) is 0 Å². The van der Waals surface area contributed by atoms with Crippen molar-refractivity contribution in [3.8, 4) is 0 Å². The van der Waals surface area contributed by atoms with Crippen LogP contribution in [0, 0.1) is 0 Å². The molecule has 0 atom stereocenters. The number of nitrogens with zero attached hydrogens (tertiary/aromatic N) is 2. The Kier molecular flexibility index (Phi) is 3.23. The molecule has 0 spiro atoms. The normalized spacial score (nSPS) is 16.1. The molecule has 0 N–H and O–H groups in total. The first-order valence-electron chi connectivity index (χ1n) is 6.03. The van der Waals surface area contributed by atoms with Crippen LogP contribution in [0.15, 0.2) is 28.8 Å². The van der Waals surface area contributed by atoms with E-state index in [9.17, 15) is 4.79 Å². The fraction of sp³-hybridized carbons (Fsp3) is 0.385. The molecule has 0 saturated carbocycles. The molecule has 0 aliphatic carbocycles. The van der Waals surface area contributed by atoms with E-state index < -0.39 is 0 Å². The molecular formula is C13H14N2O2S. The summed E-state index contributed by atoms with van der Waals surface area (Å²) in [5.41, 5.74) is 1.49. The lowest BCUT2D eigenvalue weighted by atomic mass is 10.1. The summed E-state index contributed by atoms with van der Waals surface area (Å²) in [4.78, 5) is 14.1. The molecule has 94 valence electrons. The van der Waals surface area contributed by atoms with Gasteiger partial charge in [0.05, 0.1) is 6.42 Å². The predicted octanol–water partition coefficient (Wildman–Crippen LogP) is 1.95. The Morgan fingerprint density at radius 2 is 2.11 bits per heavy atom. The molecule has 5 heteroatoms. The summed E-state index contributed by atoms with van der Waals surface area (Å²) in [6.45, 7) is 1.69. The zero-order chi connectivity index (χ0) is 12.4. The Morgan fingerprint density at radius 3 is 2.94 bits per heavy atom. The van der Waals surface area contributed by atoms with Crippen molar-refractivity contribution in [3.63, 3.8) is 0 Å². The maximum atomic E-state index is 12.1. The van der Waals surface area contributed by atoms with E-state index in [1.807, 2.05) is 40.9 Å². The van der Waals surface area contributed by atoms with Gasteiger partial charge in [0, 0.05) is 30.0 Å². The van der Waals surface area contributed by atoms with Crippen molar-refractivity contribution < 1.29 is 9.32 Å². The van der Waals surface area contributed by atoms with Crippen LogP contribution in [0.4, 0.5) is 0 Å². The average molecular weight is 262 g/mol. The van der Waals surface area contributed by atoms with Gasteiger partial charge in [-0.1, -0.05) is 17.3 Å². The minimum absolute atomic E-state index is 0.148. The molecule has 4 nitrogen and oxygen atoms in total. The molecule has 0 unspecified atom stereocenters. The number of carbonyl (C=O) groups excluding carboxylic acids is 1. The monoisotopic (exact) mass is 262 g/mol. The van der Waals surface area contributed by atoms with E-state index in [-0.39, 0.29) is 5.91 Å².